The Morgan fingerprint density at radius 2 is 2.12 bits per heavy atom. The number of hydrogen-bond acceptors (Lipinski definition) is 3. The number of likely N-dealkylation sites (tertiary alicyclic amines) is 1. The second-order valence-corrected chi connectivity index (χ2v) is 4.97. The van der Waals surface area contributed by atoms with Gasteiger partial charge in [-0.2, -0.15) is 0 Å². The van der Waals surface area contributed by atoms with Crippen LogP contribution in [0.5, 0.6) is 5.75 Å². The van der Waals surface area contributed by atoms with E-state index >= 15 is 0 Å². The van der Waals surface area contributed by atoms with Crippen molar-refractivity contribution in [2.75, 3.05) is 20.1 Å². The highest BCUT2D eigenvalue weighted by molar-refractivity contribution is 5.28. The van der Waals surface area contributed by atoms with Gasteiger partial charge in [-0.25, -0.2) is 0 Å². The molecule has 0 saturated carbocycles. The van der Waals surface area contributed by atoms with Gasteiger partial charge in [-0.15, -0.1) is 0 Å². The number of phenolic OH excluding ortho intramolecular Hbond substituents is 1. The van der Waals surface area contributed by atoms with Crippen molar-refractivity contribution >= 4 is 0 Å². The van der Waals surface area contributed by atoms with Crippen LogP contribution in [-0.2, 0) is 0 Å². The largest absolute Gasteiger partial charge is 0.508 e. The molecule has 1 aromatic carbocycles. The predicted molar refractivity (Wildman–Crippen MR) is 70.2 cm³/mol. The second kappa shape index (κ2) is 5.52. The molecule has 0 amide bonds. The molecule has 2 rings (SSSR count). The Bertz CT molecular complexity index is 350. The zero-order valence-electron chi connectivity index (χ0n) is 10.7. The van der Waals surface area contributed by atoms with Crippen molar-refractivity contribution in [1.82, 2.24) is 10.2 Å². The van der Waals surface area contributed by atoms with Gasteiger partial charge in [0.05, 0.1) is 0 Å². The first-order valence-electron chi connectivity index (χ1n) is 6.42. The molecule has 1 aliphatic rings. The quantitative estimate of drug-likeness (QED) is 0.838. The summed E-state index contributed by atoms with van der Waals surface area (Å²) < 4.78 is 0. The fourth-order valence-electron chi connectivity index (χ4n) is 2.51. The Kier molecular flexibility index (Phi) is 4.02. The Hall–Kier alpha value is -1.06. The predicted octanol–water partition coefficient (Wildman–Crippen LogP) is 2.14. The fourth-order valence-corrected chi connectivity index (χ4v) is 2.51. The van der Waals surface area contributed by atoms with Crippen LogP contribution in [0.2, 0.25) is 0 Å². The summed E-state index contributed by atoms with van der Waals surface area (Å²) in [5.74, 6) is 0.337. The van der Waals surface area contributed by atoms with E-state index in [9.17, 15) is 5.11 Å². The first-order chi connectivity index (χ1) is 8.19. The highest BCUT2D eigenvalue weighted by Crippen LogP contribution is 2.21. The summed E-state index contributed by atoms with van der Waals surface area (Å²) in [4.78, 5) is 2.36. The Balaban J connectivity index is 1.98. The Morgan fingerprint density at radius 1 is 1.41 bits per heavy atom. The summed E-state index contributed by atoms with van der Waals surface area (Å²) in [5, 5.41) is 13.0. The molecule has 1 aromatic rings. The van der Waals surface area contributed by atoms with Crippen LogP contribution in [0.4, 0.5) is 0 Å². The monoisotopic (exact) mass is 234 g/mol. The van der Waals surface area contributed by atoms with Crippen molar-refractivity contribution in [2.45, 2.75) is 31.8 Å². The van der Waals surface area contributed by atoms with Gasteiger partial charge in [-0.1, -0.05) is 19.1 Å². The molecule has 1 aliphatic heterocycles. The number of benzene rings is 1. The summed E-state index contributed by atoms with van der Waals surface area (Å²) in [6.07, 6.45) is 2.30. The van der Waals surface area contributed by atoms with Crippen LogP contribution in [-0.4, -0.2) is 36.2 Å². The molecule has 1 fully saturated rings. The SMILES string of the molecule is CCC(NC1CCN(C)C1)c1ccc(O)cc1. The first kappa shape index (κ1) is 12.4. The second-order valence-electron chi connectivity index (χ2n) is 4.97. The van der Waals surface area contributed by atoms with E-state index in [1.54, 1.807) is 12.1 Å². The number of likely N-dealkylation sites (N-methyl/N-ethyl adjacent to an activating group) is 1. The lowest BCUT2D eigenvalue weighted by Gasteiger charge is -2.22. The molecule has 94 valence electrons. The van der Waals surface area contributed by atoms with E-state index < -0.39 is 0 Å². The maximum absolute atomic E-state index is 9.30. The van der Waals surface area contributed by atoms with Gasteiger partial charge in [0.25, 0.3) is 0 Å². The summed E-state index contributed by atoms with van der Waals surface area (Å²) >= 11 is 0. The summed E-state index contributed by atoms with van der Waals surface area (Å²) in [6, 6.07) is 8.54. The standard InChI is InChI=1S/C14H22N2O/c1-3-14(11-4-6-13(17)7-5-11)15-12-8-9-16(2)10-12/h4-7,12,14-15,17H,3,8-10H2,1-2H3. The van der Waals surface area contributed by atoms with E-state index in [-0.39, 0.29) is 0 Å². The summed E-state index contributed by atoms with van der Waals surface area (Å²) in [6.45, 7) is 4.52. The number of phenols is 1. The molecular formula is C14H22N2O. The molecule has 3 nitrogen and oxygen atoms in total. The molecular weight excluding hydrogens is 212 g/mol. The maximum atomic E-state index is 9.30. The van der Waals surface area contributed by atoms with Gasteiger partial charge < -0.3 is 15.3 Å². The van der Waals surface area contributed by atoms with Crippen molar-refractivity contribution in [3.05, 3.63) is 29.8 Å². The van der Waals surface area contributed by atoms with Gasteiger partial charge in [0.2, 0.25) is 0 Å². The van der Waals surface area contributed by atoms with Gasteiger partial charge in [-0.05, 0) is 44.1 Å². The van der Waals surface area contributed by atoms with Crippen LogP contribution in [0.3, 0.4) is 0 Å². The molecule has 2 N–H and O–H groups in total. The van der Waals surface area contributed by atoms with Crippen LogP contribution in [0.15, 0.2) is 24.3 Å². The lowest BCUT2D eigenvalue weighted by molar-refractivity contribution is 0.379. The third kappa shape index (κ3) is 3.20. The third-order valence-corrected chi connectivity index (χ3v) is 3.53. The zero-order chi connectivity index (χ0) is 12.3. The van der Waals surface area contributed by atoms with E-state index in [0.29, 0.717) is 17.8 Å². The minimum Gasteiger partial charge on any atom is -0.508 e. The summed E-state index contributed by atoms with van der Waals surface area (Å²) in [7, 11) is 2.17. The molecule has 0 spiro atoms. The molecule has 1 saturated heterocycles. The van der Waals surface area contributed by atoms with E-state index in [2.05, 4.69) is 24.2 Å². The van der Waals surface area contributed by atoms with Crippen molar-refractivity contribution in [2.24, 2.45) is 0 Å². The normalized spacial score (nSPS) is 22.8. The average Bonchev–Trinajstić information content (AvgIpc) is 2.73. The zero-order valence-corrected chi connectivity index (χ0v) is 10.7. The van der Waals surface area contributed by atoms with Crippen molar-refractivity contribution in [3.63, 3.8) is 0 Å². The topological polar surface area (TPSA) is 35.5 Å². The van der Waals surface area contributed by atoms with Crippen molar-refractivity contribution in [3.8, 4) is 5.75 Å². The van der Waals surface area contributed by atoms with E-state index in [0.717, 1.165) is 13.0 Å². The highest BCUT2D eigenvalue weighted by atomic mass is 16.3. The molecule has 2 atom stereocenters. The Labute approximate surface area is 103 Å². The minimum atomic E-state index is 0.337. The van der Waals surface area contributed by atoms with Crippen LogP contribution < -0.4 is 5.32 Å². The minimum absolute atomic E-state index is 0.337. The average molecular weight is 234 g/mol. The van der Waals surface area contributed by atoms with Crippen molar-refractivity contribution < 1.29 is 5.11 Å². The molecule has 0 aromatic heterocycles. The number of rotatable bonds is 4. The number of nitrogens with one attached hydrogen (secondary N) is 1. The number of aromatic hydroxyl groups is 1. The van der Waals surface area contributed by atoms with Gasteiger partial charge in [0.1, 0.15) is 5.75 Å². The molecule has 17 heavy (non-hydrogen) atoms. The molecule has 0 bridgehead atoms. The van der Waals surface area contributed by atoms with Gasteiger partial charge in [0, 0.05) is 18.6 Å². The van der Waals surface area contributed by atoms with Crippen molar-refractivity contribution in [1.29, 1.82) is 0 Å². The van der Waals surface area contributed by atoms with Gasteiger partial charge in [-0.3, -0.25) is 0 Å². The van der Waals surface area contributed by atoms with Crippen LogP contribution in [0.25, 0.3) is 0 Å². The number of hydrogen-bond donors (Lipinski definition) is 2. The lowest BCUT2D eigenvalue weighted by atomic mass is 10.0. The fraction of sp³-hybridized carbons (Fsp3) is 0.571. The van der Waals surface area contributed by atoms with Gasteiger partial charge >= 0.3 is 0 Å². The Morgan fingerprint density at radius 3 is 2.65 bits per heavy atom. The van der Waals surface area contributed by atoms with Crippen LogP contribution in [0, 0.1) is 0 Å². The summed E-state index contributed by atoms with van der Waals surface area (Å²) in [5.41, 5.74) is 1.26. The smallest absolute Gasteiger partial charge is 0.115 e. The molecule has 0 aliphatic carbocycles. The maximum Gasteiger partial charge on any atom is 0.115 e. The lowest BCUT2D eigenvalue weighted by Crippen LogP contribution is -2.34. The number of nitrogens with zero attached hydrogens (tertiary/aromatic N) is 1. The van der Waals surface area contributed by atoms with E-state index in [4.69, 9.17) is 0 Å². The molecule has 1 heterocycles. The highest BCUT2D eigenvalue weighted by Gasteiger charge is 2.22. The molecule has 2 unspecified atom stereocenters. The van der Waals surface area contributed by atoms with Crippen LogP contribution in [0.1, 0.15) is 31.4 Å². The first-order valence-corrected chi connectivity index (χ1v) is 6.42. The third-order valence-electron chi connectivity index (χ3n) is 3.53. The van der Waals surface area contributed by atoms with Gasteiger partial charge in [0.15, 0.2) is 0 Å². The van der Waals surface area contributed by atoms with E-state index in [1.807, 2.05) is 12.1 Å². The van der Waals surface area contributed by atoms with E-state index in [1.165, 1.54) is 18.5 Å². The molecule has 0 radical (unpaired) electrons. The van der Waals surface area contributed by atoms with Crippen LogP contribution >= 0.6 is 0 Å². The molecule has 3 heteroatoms.